The third-order valence-corrected chi connectivity index (χ3v) is 8.37. The van der Waals surface area contributed by atoms with Gasteiger partial charge >= 0.3 is 0 Å². The summed E-state index contributed by atoms with van der Waals surface area (Å²) >= 11 is 0. The number of nitriles is 2. The normalized spacial score (nSPS) is 12.3. The number of aromatic nitrogens is 1. The Hall–Kier alpha value is -5.12. The molecule has 0 saturated carbocycles. The molecule has 0 unspecified atom stereocenters. The van der Waals surface area contributed by atoms with Crippen LogP contribution >= 0.6 is 0 Å². The van der Waals surface area contributed by atoms with Gasteiger partial charge in [0.05, 0.1) is 33.9 Å². The van der Waals surface area contributed by atoms with E-state index in [0.29, 0.717) is 11.1 Å². The molecule has 1 aliphatic rings. The Kier molecular flexibility index (Phi) is 5.21. The van der Waals surface area contributed by atoms with E-state index in [2.05, 4.69) is 117 Å². The van der Waals surface area contributed by atoms with Gasteiger partial charge in [0.15, 0.2) is 0 Å². The molecule has 1 aliphatic carbocycles. The first-order valence-corrected chi connectivity index (χ1v) is 13.6. The second-order valence-corrected chi connectivity index (χ2v) is 11.2. The van der Waals surface area contributed by atoms with Gasteiger partial charge in [-0.05, 0) is 91.9 Å². The number of hydrogen-bond acceptors (Lipinski definition) is 2. The van der Waals surface area contributed by atoms with Gasteiger partial charge in [-0.3, -0.25) is 0 Å². The van der Waals surface area contributed by atoms with Crippen LogP contribution in [-0.4, -0.2) is 4.57 Å². The highest BCUT2D eigenvalue weighted by Crippen LogP contribution is 2.50. The van der Waals surface area contributed by atoms with E-state index in [-0.39, 0.29) is 5.92 Å². The summed E-state index contributed by atoms with van der Waals surface area (Å²) < 4.78 is 2.15. The summed E-state index contributed by atoms with van der Waals surface area (Å²) in [5.41, 5.74) is 14.4. The fourth-order valence-corrected chi connectivity index (χ4v) is 6.54. The molecule has 0 N–H and O–H groups in total. The number of aryl methyl sites for hydroxylation is 4. The number of hydrogen-bond donors (Lipinski definition) is 0. The topological polar surface area (TPSA) is 52.5 Å². The summed E-state index contributed by atoms with van der Waals surface area (Å²) in [6.07, 6.45) is 0. The number of nitrogens with zero attached hydrogens (tertiary/aromatic N) is 3. The lowest BCUT2D eigenvalue weighted by atomic mass is 9.85. The van der Waals surface area contributed by atoms with Crippen molar-refractivity contribution < 1.29 is 0 Å². The summed E-state index contributed by atoms with van der Waals surface area (Å²) in [5.74, 6) is -0.106. The highest BCUT2D eigenvalue weighted by Gasteiger charge is 2.32. The Bertz CT molecular complexity index is 2020. The van der Waals surface area contributed by atoms with Crippen molar-refractivity contribution in [2.45, 2.75) is 33.6 Å². The van der Waals surface area contributed by atoms with Crippen molar-refractivity contribution in [2.24, 2.45) is 0 Å². The number of rotatable bonds is 2. The van der Waals surface area contributed by atoms with Crippen molar-refractivity contribution in [3.05, 3.63) is 135 Å². The minimum absolute atomic E-state index is 0.106. The predicted octanol–water partition coefficient (Wildman–Crippen LogP) is 8.92. The van der Waals surface area contributed by atoms with E-state index in [0.717, 1.165) is 33.1 Å². The molecule has 6 aromatic rings. The second kappa shape index (κ2) is 8.70. The summed E-state index contributed by atoms with van der Waals surface area (Å²) in [6, 6.07) is 34.8. The maximum Gasteiger partial charge on any atom is 0.101 e. The molecule has 0 radical (unpaired) electrons. The maximum absolute atomic E-state index is 10.5. The van der Waals surface area contributed by atoms with Crippen LogP contribution in [0.1, 0.15) is 56.0 Å². The summed E-state index contributed by atoms with van der Waals surface area (Å²) in [4.78, 5) is 0. The highest BCUT2D eigenvalue weighted by molar-refractivity contribution is 6.10. The quantitative estimate of drug-likeness (QED) is 0.232. The summed E-state index contributed by atoms with van der Waals surface area (Å²) in [6.45, 7) is 8.42. The van der Waals surface area contributed by atoms with Gasteiger partial charge in [-0.25, -0.2) is 0 Å². The lowest BCUT2D eigenvalue weighted by Crippen LogP contribution is -2.06. The molecule has 0 aliphatic heterocycles. The van der Waals surface area contributed by atoms with Crippen molar-refractivity contribution in [2.75, 3.05) is 0 Å². The Labute approximate surface area is 234 Å². The predicted molar refractivity (Wildman–Crippen MR) is 162 cm³/mol. The third-order valence-electron chi connectivity index (χ3n) is 8.37. The van der Waals surface area contributed by atoms with Gasteiger partial charge in [-0.1, -0.05) is 70.8 Å². The van der Waals surface area contributed by atoms with E-state index in [4.69, 9.17) is 0 Å². The van der Waals surface area contributed by atoms with Crippen molar-refractivity contribution in [3.63, 3.8) is 0 Å². The van der Waals surface area contributed by atoms with Crippen molar-refractivity contribution in [3.8, 4) is 29.0 Å². The molecular formula is C37H27N3. The van der Waals surface area contributed by atoms with Gasteiger partial charge < -0.3 is 4.57 Å². The monoisotopic (exact) mass is 513 g/mol. The molecule has 0 fully saturated rings. The fraction of sp³-hybridized carbons (Fsp3) is 0.135. The zero-order valence-electron chi connectivity index (χ0n) is 23.0. The Morgan fingerprint density at radius 1 is 0.525 bits per heavy atom. The van der Waals surface area contributed by atoms with Gasteiger partial charge in [0, 0.05) is 16.7 Å². The average Bonchev–Trinajstić information content (AvgIpc) is 3.43. The van der Waals surface area contributed by atoms with Crippen molar-refractivity contribution >= 4 is 21.8 Å². The zero-order chi connectivity index (χ0) is 27.7. The molecule has 1 heterocycles. The van der Waals surface area contributed by atoms with Crippen LogP contribution < -0.4 is 0 Å². The summed E-state index contributed by atoms with van der Waals surface area (Å²) in [5, 5.41) is 23.3. The van der Waals surface area contributed by atoms with Gasteiger partial charge in [-0.15, -0.1) is 0 Å². The van der Waals surface area contributed by atoms with Crippen LogP contribution in [0.25, 0.3) is 38.6 Å². The second-order valence-electron chi connectivity index (χ2n) is 11.2. The van der Waals surface area contributed by atoms with Gasteiger partial charge in [-0.2, -0.15) is 10.5 Å². The first-order chi connectivity index (χ1) is 19.4. The summed E-state index contributed by atoms with van der Waals surface area (Å²) in [7, 11) is 0. The molecule has 0 saturated heterocycles. The largest absolute Gasteiger partial charge is 0.308 e. The minimum Gasteiger partial charge on any atom is -0.308 e. The lowest BCUT2D eigenvalue weighted by molar-refractivity contribution is 0.999. The average molecular weight is 514 g/mol. The van der Waals surface area contributed by atoms with Gasteiger partial charge in [0.2, 0.25) is 0 Å². The third kappa shape index (κ3) is 3.42. The van der Waals surface area contributed by atoms with Gasteiger partial charge in [0.1, 0.15) is 6.07 Å². The molecule has 3 heteroatoms. The van der Waals surface area contributed by atoms with E-state index >= 15 is 0 Å². The molecule has 0 atom stereocenters. The van der Waals surface area contributed by atoms with Crippen molar-refractivity contribution in [1.82, 2.24) is 4.57 Å². The Balaban J connectivity index is 1.53. The molecular weight excluding hydrogens is 486 g/mol. The molecule has 190 valence electrons. The van der Waals surface area contributed by atoms with E-state index in [1.165, 1.54) is 44.5 Å². The molecule has 7 rings (SSSR count). The van der Waals surface area contributed by atoms with Crippen LogP contribution in [0.3, 0.4) is 0 Å². The van der Waals surface area contributed by atoms with Crippen molar-refractivity contribution in [1.29, 1.82) is 10.5 Å². The van der Waals surface area contributed by atoms with Gasteiger partial charge in [0.25, 0.3) is 0 Å². The molecule has 40 heavy (non-hydrogen) atoms. The smallest absolute Gasteiger partial charge is 0.101 e. The molecule has 0 spiro atoms. The van der Waals surface area contributed by atoms with Crippen LogP contribution in [0.15, 0.2) is 84.9 Å². The lowest BCUT2D eigenvalue weighted by Gasteiger charge is -2.19. The SMILES string of the molecule is Cc1ccc2c(c1)-c1cc(C)ccc1C2c1cc(C#N)c(-n2c3ccc(C)cc3c3cc(C)ccc32)cc1C#N. The van der Waals surface area contributed by atoms with Crippen LogP contribution in [0.5, 0.6) is 0 Å². The maximum atomic E-state index is 10.5. The van der Waals surface area contributed by atoms with E-state index < -0.39 is 0 Å². The van der Waals surface area contributed by atoms with Crippen LogP contribution in [0.4, 0.5) is 0 Å². The first-order valence-electron chi connectivity index (χ1n) is 13.6. The standard InChI is InChI=1S/C37H27N3/c1-21-5-9-27-30(13-21)31-14-22(2)6-10-28(31)37(27)29-17-26(20-39)36(18-25(29)19-38)40-34-11-7-23(3)15-32(34)33-16-24(4)8-12-35(33)40/h5-18,37H,1-4H3. The number of benzene rings is 5. The molecule has 5 aromatic carbocycles. The highest BCUT2D eigenvalue weighted by atomic mass is 15.0. The minimum atomic E-state index is -0.106. The Morgan fingerprint density at radius 3 is 1.50 bits per heavy atom. The van der Waals surface area contributed by atoms with E-state index in [1.54, 1.807) is 0 Å². The van der Waals surface area contributed by atoms with Crippen LogP contribution in [0, 0.1) is 50.4 Å². The molecule has 3 nitrogen and oxygen atoms in total. The zero-order valence-corrected chi connectivity index (χ0v) is 23.0. The molecule has 1 aromatic heterocycles. The van der Waals surface area contributed by atoms with Crippen LogP contribution in [0.2, 0.25) is 0 Å². The molecule has 0 bridgehead atoms. The first kappa shape index (κ1) is 24.0. The van der Waals surface area contributed by atoms with E-state index in [1.807, 2.05) is 12.1 Å². The van der Waals surface area contributed by atoms with Crippen LogP contribution in [-0.2, 0) is 0 Å². The fourth-order valence-electron chi connectivity index (χ4n) is 6.54. The molecule has 0 amide bonds. The Morgan fingerprint density at radius 2 is 1.00 bits per heavy atom. The van der Waals surface area contributed by atoms with E-state index in [9.17, 15) is 10.5 Å². The number of fused-ring (bicyclic) bond motifs is 6.